The predicted octanol–water partition coefficient (Wildman–Crippen LogP) is 3.60. The Labute approximate surface area is 160 Å². The minimum atomic E-state index is -0.562. The second-order valence-corrected chi connectivity index (χ2v) is 6.73. The Bertz CT molecular complexity index is 1170. The van der Waals surface area contributed by atoms with E-state index in [9.17, 15) is 14.5 Å². The summed E-state index contributed by atoms with van der Waals surface area (Å²) in [6.07, 6.45) is -0.562. The molecule has 0 bridgehead atoms. The molecule has 2 amide bonds. The van der Waals surface area contributed by atoms with Crippen molar-refractivity contribution in [2.75, 3.05) is 16.0 Å². The molecule has 0 radical (unpaired) electrons. The number of nitrogens with one attached hydrogen (secondary N) is 1. The molecule has 0 aliphatic carbocycles. The number of carbonyl (C=O) groups is 2. The Morgan fingerprint density at radius 2 is 1.61 bits per heavy atom. The Balaban J connectivity index is 1.45. The number of anilines is 3. The average Bonchev–Trinajstić information content (AvgIpc) is 3.17. The van der Waals surface area contributed by atoms with E-state index in [4.69, 9.17) is 5.73 Å². The van der Waals surface area contributed by atoms with Crippen LogP contribution in [0.5, 0.6) is 0 Å². The molecule has 3 aromatic carbocycles. The van der Waals surface area contributed by atoms with Gasteiger partial charge in [-0.05, 0) is 48.5 Å². The van der Waals surface area contributed by atoms with Crippen LogP contribution in [0.3, 0.4) is 0 Å². The molecule has 0 fully saturated rings. The standard InChI is InChI=1S/C21H14N4O3/c22-13-7-10-15-16(11-13)21(27)24(20(15)26)14-8-5-12(6-9-14)19-23-17-3-1-2-4-18(17)25(19)28/h1-11,19H,(H2-,22,23,26,28)/p+1. The third-order valence-corrected chi connectivity index (χ3v) is 5.05. The summed E-state index contributed by atoms with van der Waals surface area (Å²) in [4.78, 5) is 39.0. The maximum Gasteiger partial charge on any atom is 0.307 e. The number of fused-ring (bicyclic) bond motifs is 2. The second-order valence-electron chi connectivity index (χ2n) is 6.73. The second kappa shape index (κ2) is 5.75. The number of carbonyl (C=O) groups excluding carboxylic acids is 2. The van der Waals surface area contributed by atoms with Crippen molar-refractivity contribution in [3.63, 3.8) is 0 Å². The Kier molecular flexibility index (Phi) is 3.33. The summed E-state index contributed by atoms with van der Waals surface area (Å²) in [6, 6.07) is 18.8. The van der Waals surface area contributed by atoms with Gasteiger partial charge in [-0.15, -0.1) is 0 Å². The molecule has 0 aromatic heterocycles. The molecule has 7 heteroatoms. The van der Waals surface area contributed by atoms with E-state index in [1.54, 1.807) is 42.5 Å². The fourth-order valence-corrected chi connectivity index (χ4v) is 3.65. The Morgan fingerprint density at radius 3 is 2.36 bits per heavy atom. The zero-order valence-electron chi connectivity index (χ0n) is 14.6. The van der Waals surface area contributed by atoms with Crippen molar-refractivity contribution in [2.24, 2.45) is 0 Å². The minimum absolute atomic E-state index is 0.299. The number of amides is 2. The molecule has 2 aliphatic heterocycles. The van der Waals surface area contributed by atoms with Gasteiger partial charge in [0.2, 0.25) is 0 Å². The van der Waals surface area contributed by atoms with Gasteiger partial charge >= 0.3 is 6.17 Å². The monoisotopic (exact) mass is 371 g/mol. The van der Waals surface area contributed by atoms with Crippen LogP contribution in [0.15, 0.2) is 66.7 Å². The van der Waals surface area contributed by atoms with Crippen molar-refractivity contribution < 1.29 is 14.3 Å². The number of imide groups is 1. The van der Waals surface area contributed by atoms with E-state index in [0.29, 0.717) is 28.2 Å². The van der Waals surface area contributed by atoms with E-state index >= 15 is 0 Å². The van der Waals surface area contributed by atoms with Crippen molar-refractivity contribution in [2.45, 2.75) is 6.17 Å². The van der Waals surface area contributed by atoms with Crippen molar-refractivity contribution in [3.8, 4) is 0 Å². The van der Waals surface area contributed by atoms with E-state index < -0.39 is 12.1 Å². The van der Waals surface area contributed by atoms with Gasteiger partial charge in [-0.1, -0.05) is 12.1 Å². The number of benzene rings is 3. The number of para-hydroxylation sites is 2. The lowest BCUT2D eigenvalue weighted by Crippen LogP contribution is -2.29. The van der Waals surface area contributed by atoms with Crippen LogP contribution in [0.25, 0.3) is 0 Å². The SMILES string of the molecule is Nc1ccc2c(c1)C(=O)N(c1ccc(C3Nc4ccccc4[N+]3=O)cc1)C2=O. The van der Waals surface area contributed by atoms with Gasteiger partial charge in [0, 0.05) is 22.2 Å². The number of nitrogens with zero attached hydrogens (tertiary/aromatic N) is 2. The van der Waals surface area contributed by atoms with Crippen LogP contribution >= 0.6 is 0 Å². The van der Waals surface area contributed by atoms with Crippen LogP contribution in [-0.2, 0) is 0 Å². The molecule has 0 saturated carbocycles. The molecule has 7 nitrogen and oxygen atoms in total. The molecule has 3 N–H and O–H groups in total. The fraction of sp³-hybridized carbons (Fsp3) is 0.0476. The molecule has 0 spiro atoms. The molecule has 1 unspecified atom stereocenters. The van der Waals surface area contributed by atoms with E-state index in [2.05, 4.69) is 5.32 Å². The lowest BCUT2D eigenvalue weighted by molar-refractivity contribution is -0.495. The molecule has 136 valence electrons. The van der Waals surface area contributed by atoms with Crippen LogP contribution in [0.1, 0.15) is 32.4 Å². The third kappa shape index (κ3) is 2.23. The number of rotatable bonds is 2. The first-order valence-corrected chi connectivity index (χ1v) is 8.75. The molecule has 1 atom stereocenters. The van der Waals surface area contributed by atoms with Crippen molar-refractivity contribution in [3.05, 3.63) is 88.3 Å². The van der Waals surface area contributed by atoms with E-state index in [-0.39, 0.29) is 5.91 Å². The van der Waals surface area contributed by atoms with Gasteiger partial charge in [-0.2, -0.15) is 0 Å². The summed E-state index contributed by atoms with van der Waals surface area (Å²) >= 11 is 0. The van der Waals surface area contributed by atoms with Gasteiger partial charge < -0.3 is 11.1 Å². The van der Waals surface area contributed by atoms with Gasteiger partial charge in [0.15, 0.2) is 0 Å². The maximum absolute atomic E-state index is 12.7. The molecule has 5 rings (SSSR count). The normalized spacial score (nSPS) is 17.5. The summed E-state index contributed by atoms with van der Waals surface area (Å²) in [6.45, 7) is 0. The number of hydrogen-bond donors (Lipinski definition) is 2. The molecular weight excluding hydrogens is 356 g/mol. The van der Waals surface area contributed by atoms with Crippen molar-refractivity contribution in [1.29, 1.82) is 0 Å². The summed E-state index contributed by atoms with van der Waals surface area (Å²) in [5.41, 5.74) is 9.33. The highest BCUT2D eigenvalue weighted by atomic mass is 16.3. The van der Waals surface area contributed by atoms with Crippen molar-refractivity contribution >= 4 is 34.6 Å². The Morgan fingerprint density at radius 1 is 0.893 bits per heavy atom. The van der Waals surface area contributed by atoms with Crippen LogP contribution in [0.2, 0.25) is 0 Å². The molecule has 0 saturated heterocycles. The number of nitrogens with two attached hydrogens (primary N) is 1. The molecular formula is C21H15N4O3+. The van der Waals surface area contributed by atoms with E-state index in [1.807, 2.05) is 18.2 Å². The summed E-state index contributed by atoms with van der Waals surface area (Å²) < 4.78 is 0.912. The average molecular weight is 371 g/mol. The summed E-state index contributed by atoms with van der Waals surface area (Å²) in [7, 11) is 0. The lowest BCUT2D eigenvalue weighted by Gasteiger charge is -2.14. The Hall–Kier alpha value is -4.00. The largest absolute Gasteiger partial charge is 0.399 e. The quantitative estimate of drug-likeness (QED) is 0.408. The minimum Gasteiger partial charge on any atom is -0.399 e. The van der Waals surface area contributed by atoms with E-state index in [0.717, 1.165) is 20.9 Å². The highest BCUT2D eigenvalue weighted by Crippen LogP contribution is 2.39. The summed E-state index contributed by atoms with van der Waals surface area (Å²) in [5, 5.41) is 3.18. The summed E-state index contributed by atoms with van der Waals surface area (Å²) in [5.74, 6) is -0.790. The van der Waals surface area contributed by atoms with E-state index in [1.165, 1.54) is 6.07 Å². The number of nitrogen functional groups attached to an aromatic ring is 1. The fourth-order valence-electron chi connectivity index (χ4n) is 3.65. The number of nitroso groups, excluding NO2 is 1. The highest BCUT2D eigenvalue weighted by Gasteiger charge is 2.40. The third-order valence-electron chi connectivity index (χ3n) is 5.05. The maximum atomic E-state index is 12.7. The first-order valence-electron chi connectivity index (χ1n) is 8.75. The van der Waals surface area contributed by atoms with Gasteiger partial charge in [0.05, 0.1) is 21.6 Å². The predicted molar refractivity (Wildman–Crippen MR) is 105 cm³/mol. The molecule has 3 aromatic rings. The first kappa shape index (κ1) is 16.2. The van der Waals surface area contributed by atoms with Gasteiger partial charge in [-0.3, -0.25) is 9.59 Å². The van der Waals surface area contributed by atoms with Crippen LogP contribution < -0.4 is 16.0 Å². The number of hydrogen-bond acceptors (Lipinski definition) is 5. The van der Waals surface area contributed by atoms with Crippen LogP contribution in [0, 0.1) is 4.91 Å². The first-order chi connectivity index (χ1) is 13.5. The van der Waals surface area contributed by atoms with Crippen LogP contribution in [0.4, 0.5) is 22.7 Å². The molecule has 2 heterocycles. The van der Waals surface area contributed by atoms with Crippen molar-refractivity contribution in [1.82, 2.24) is 0 Å². The zero-order valence-corrected chi connectivity index (χ0v) is 14.6. The smallest absolute Gasteiger partial charge is 0.307 e. The van der Waals surface area contributed by atoms with Gasteiger partial charge in [0.1, 0.15) is 5.69 Å². The van der Waals surface area contributed by atoms with Gasteiger partial charge in [0.25, 0.3) is 17.5 Å². The zero-order chi connectivity index (χ0) is 19.4. The van der Waals surface area contributed by atoms with Crippen LogP contribution in [-0.4, -0.2) is 16.6 Å². The van der Waals surface area contributed by atoms with Gasteiger partial charge in [-0.25, -0.2) is 4.90 Å². The molecule has 28 heavy (non-hydrogen) atoms. The highest BCUT2D eigenvalue weighted by molar-refractivity contribution is 6.34. The molecule has 2 aliphatic rings. The lowest BCUT2D eigenvalue weighted by atomic mass is 10.1. The topological polar surface area (TPSA) is 95.5 Å².